The van der Waals surface area contributed by atoms with Crippen molar-refractivity contribution in [2.24, 2.45) is 0 Å². The first-order chi connectivity index (χ1) is 8.74. The van der Waals surface area contributed by atoms with E-state index in [4.69, 9.17) is 10.3 Å². The van der Waals surface area contributed by atoms with Gasteiger partial charge in [0.2, 0.25) is 0 Å². The van der Waals surface area contributed by atoms with Crippen molar-refractivity contribution < 1.29 is 4.52 Å². The smallest absolute Gasteiger partial charge is 0.142 e. The van der Waals surface area contributed by atoms with Gasteiger partial charge in [0.15, 0.2) is 0 Å². The van der Waals surface area contributed by atoms with Crippen LogP contribution in [-0.2, 0) is 0 Å². The fourth-order valence-electron chi connectivity index (χ4n) is 1.69. The fraction of sp³-hybridized carbons (Fsp3) is 0.0769. The minimum absolute atomic E-state index is 0.755. The number of nitrogens with two attached hydrogens (primary N) is 1. The number of nitrogens with zero attached hydrogens (tertiary/aromatic N) is 2. The summed E-state index contributed by atoms with van der Waals surface area (Å²) in [5.74, 6) is 0.808. The van der Waals surface area contributed by atoms with Crippen LogP contribution in [-0.4, -0.2) is 10.1 Å². The quantitative estimate of drug-likeness (QED) is 0.715. The van der Waals surface area contributed by atoms with Crippen molar-refractivity contribution >= 4 is 17.0 Å². The highest BCUT2D eigenvalue weighted by Gasteiger charge is 2.11. The van der Waals surface area contributed by atoms with Crippen LogP contribution in [0.2, 0.25) is 0 Å². The Morgan fingerprint density at radius 1 is 1.17 bits per heavy atom. The Balaban J connectivity index is 1.99. The number of thiazole rings is 1. The standard InChI is InChI=1S/C13H11N3OS/c1-8-11(6-16-17-8)12-7-15-13(18-12)9-2-4-10(14)5-3-9/h2-7H,14H2,1H3. The molecule has 18 heavy (non-hydrogen) atoms. The zero-order valence-electron chi connectivity index (χ0n) is 9.75. The normalized spacial score (nSPS) is 10.7. The molecule has 1 aromatic carbocycles. The van der Waals surface area contributed by atoms with Crippen molar-refractivity contribution in [2.75, 3.05) is 5.73 Å². The molecule has 0 aliphatic carbocycles. The molecule has 0 aliphatic rings. The summed E-state index contributed by atoms with van der Waals surface area (Å²) in [6.45, 7) is 1.89. The molecule has 3 aromatic rings. The number of rotatable bonds is 2. The average molecular weight is 257 g/mol. The molecule has 0 radical (unpaired) electrons. The third kappa shape index (κ3) is 1.89. The van der Waals surface area contributed by atoms with E-state index < -0.39 is 0 Å². The Morgan fingerprint density at radius 3 is 2.61 bits per heavy atom. The lowest BCUT2D eigenvalue weighted by Crippen LogP contribution is -1.82. The first-order valence-electron chi connectivity index (χ1n) is 5.47. The molecular weight excluding hydrogens is 246 g/mol. The molecule has 2 heterocycles. The van der Waals surface area contributed by atoms with Crippen LogP contribution in [0.5, 0.6) is 0 Å². The van der Waals surface area contributed by atoms with E-state index in [-0.39, 0.29) is 0 Å². The molecule has 0 amide bonds. The molecular formula is C13H11N3OS. The van der Waals surface area contributed by atoms with Gasteiger partial charge < -0.3 is 10.3 Å². The molecule has 0 saturated carbocycles. The number of nitrogen functional groups attached to an aromatic ring is 1. The van der Waals surface area contributed by atoms with Crippen LogP contribution in [0, 0.1) is 6.92 Å². The largest absolute Gasteiger partial charge is 0.399 e. The van der Waals surface area contributed by atoms with E-state index in [2.05, 4.69) is 10.1 Å². The van der Waals surface area contributed by atoms with Crippen molar-refractivity contribution in [3.63, 3.8) is 0 Å². The molecule has 2 N–H and O–H groups in total. The van der Waals surface area contributed by atoms with Gasteiger partial charge in [0.25, 0.3) is 0 Å². The predicted molar refractivity (Wildman–Crippen MR) is 72.2 cm³/mol. The third-order valence-corrected chi connectivity index (χ3v) is 3.76. The monoisotopic (exact) mass is 257 g/mol. The maximum Gasteiger partial charge on any atom is 0.142 e. The molecule has 4 nitrogen and oxygen atoms in total. The summed E-state index contributed by atoms with van der Waals surface area (Å²) >= 11 is 1.61. The highest BCUT2D eigenvalue weighted by molar-refractivity contribution is 7.18. The number of aromatic nitrogens is 2. The lowest BCUT2D eigenvalue weighted by Gasteiger charge is -1.96. The number of hydrogen-bond acceptors (Lipinski definition) is 5. The van der Waals surface area contributed by atoms with Gasteiger partial charge in [-0.2, -0.15) is 0 Å². The van der Waals surface area contributed by atoms with Crippen molar-refractivity contribution in [1.82, 2.24) is 10.1 Å². The van der Waals surface area contributed by atoms with Crippen LogP contribution in [0.25, 0.3) is 21.0 Å². The number of hydrogen-bond donors (Lipinski definition) is 1. The Kier molecular flexibility index (Phi) is 2.60. The maximum atomic E-state index is 5.67. The molecule has 0 atom stereocenters. The molecule has 90 valence electrons. The molecule has 5 heteroatoms. The van der Waals surface area contributed by atoms with Gasteiger partial charge in [-0.05, 0) is 31.2 Å². The van der Waals surface area contributed by atoms with E-state index in [0.29, 0.717) is 0 Å². The number of benzene rings is 1. The zero-order chi connectivity index (χ0) is 12.5. The maximum absolute atomic E-state index is 5.67. The van der Waals surface area contributed by atoms with Crippen molar-refractivity contribution in [1.29, 1.82) is 0 Å². The van der Waals surface area contributed by atoms with Crippen molar-refractivity contribution in [3.8, 4) is 21.0 Å². The Labute approximate surface area is 108 Å². The van der Waals surface area contributed by atoms with Gasteiger partial charge in [0.05, 0.1) is 16.6 Å². The first-order valence-corrected chi connectivity index (χ1v) is 6.29. The molecule has 0 bridgehead atoms. The van der Waals surface area contributed by atoms with Gasteiger partial charge in [-0.15, -0.1) is 11.3 Å². The second-order valence-electron chi connectivity index (χ2n) is 3.95. The highest BCUT2D eigenvalue weighted by Crippen LogP contribution is 2.33. The zero-order valence-corrected chi connectivity index (χ0v) is 10.6. The molecule has 0 saturated heterocycles. The van der Waals surface area contributed by atoms with Crippen LogP contribution in [0.15, 0.2) is 41.2 Å². The number of aryl methyl sites for hydroxylation is 1. The van der Waals surface area contributed by atoms with Crippen LogP contribution < -0.4 is 5.73 Å². The van der Waals surface area contributed by atoms with E-state index in [0.717, 1.165) is 32.5 Å². The summed E-state index contributed by atoms with van der Waals surface area (Å²) in [6, 6.07) is 7.69. The van der Waals surface area contributed by atoms with E-state index in [1.54, 1.807) is 17.5 Å². The third-order valence-electron chi connectivity index (χ3n) is 2.68. The van der Waals surface area contributed by atoms with Crippen LogP contribution in [0.3, 0.4) is 0 Å². The van der Waals surface area contributed by atoms with Gasteiger partial charge in [-0.25, -0.2) is 4.98 Å². The van der Waals surface area contributed by atoms with Gasteiger partial charge >= 0.3 is 0 Å². The summed E-state index contributed by atoms with van der Waals surface area (Å²) in [6.07, 6.45) is 3.56. The number of anilines is 1. The summed E-state index contributed by atoms with van der Waals surface area (Å²) in [5, 5.41) is 4.74. The second kappa shape index (κ2) is 4.27. The van der Waals surface area contributed by atoms with E-state index in [9.17, 15) is 0 Å². The lowest BCUT2D eigenvalue weighted by atomic mass is 10.2. The summed E-state index contributed by atoms with van der Waals surface area (Å²) in [5.41, 5.74) is 8.48. The minimum atomic E-state index is 0.755. The van der Waals surface area contributed by atoms with Crippen LogP contribution in [0.4, 0.5) is 5.69 Å². The predicted octanol–water partition coefficient (Wildman–Crippen LogP) is 3.36. The molecule has 0 unspecified atom stereocenters. The van der Waals surface area contributed by atoms with Gasteiger partial charge in [0.1, 0.15) is 10.8 Å². The Bertz CT molecular complexity index is 670. The van der Waals surface area contributed by atoms with Crippen molar-refractivity contribution in [3.05, 3.63) is 42.4 Å². The Morgan fingerprint density at radius 2 is 1.94 bits per heavy atom. The van der Waals surface area contributed by atoms with Crippen LogP contribution in [0.1, 0.15) is 5.76 Å². The minimum Gasteiger partial charge on any atom is -0.399 e. The van der Waals surface area contributed by atoms with E-state index in [1.807, 2.05) is 37.4 Å². The van der Waals surface area contributed by atoms with Gasteiger partial charge in [0, 0.05) is 17.4 Å². The molecule has 2 aromatic heterocycles. The highest BCUT2D eigenvalue weighted by atomic mass is 32.1. The average Bonchev–Trinajstić information content (AvgIpc) is 2.98. The van der Waals surface area contributed by atoms with E-state index >= 15 is 0 Å². The molecule has 0 fully saturated rings. The van der Waals surface area contributed by atoms with Gasteiger partial charge in [-0.3, -0.25) is 0 Å². The van der Waals surface area contributed by atoms with Crippen LogP contribution >= 0.6 is 11.3 Å². The van der Waals surface area contributed by atoms with Gasteiger partial charge in [-0.1, -0.05) is 5.16 Å². The second-order valence-corrected chi connectivity index (χ2v) is 4.98. The fourth-order valence-corrected chi connectivity index (χ4v) is 2.67. The first kappa shape index (κ1) is 11.0. The van der Waals surface area contributed by atoms with E-state index in [1.165, 1.54) is 0 Å². The van der Waals surface area contributed by atoms with Crippen molar-refractivity contribution in [2.45, 2.75) is 6.92 Å². The molecule has 3 rings (SSSR count). The lowest BCUT2D eigenvalue weighted by molar-refractivity contribution is 0.398. The topological polar surface area (TPSA) is 64.9 Å². The Hall–Kier alpha value is -2.14. The molecule has 0 aliphatic heterocycles. The SMILES string of the molecule is Cc1oncc1-c1cnc(-c2ccc(N)cc2)s1. The summed E-state index contributed by atoms with van der Waals surface area (Å²) in [4.78, 5) is 5.48. The summed E-state index contributed by atoms with van der Waals surface area (Å²) in [7, 11) is 0. The molecule has 0 spiro atoms. The summed E-state index contributed by atoms with van der Waals surface area (Å²) < 4.78 is 5.06.